The Morgan fingerprint density at radius 2 is 2.08 bits per heavy atom. The van der Waals surface area contributed by atoms with Crippen LogP contribution in [0.2, 0.25) is 5.02 Å². The molecule has 0 heterocycles. The summed E-state index contributed by atoms with van der Waals surface area (Å²) in [5, 5.41) is 0.754. The van der Waals surface area contributed by atoms with Gasteiger partial charge in [0.05, 0.1) is 5.02 Å². The van der Waals surface area contributed by atoms with Crippen molar-refractivity contribution < 1.29 is 4.79 Å². The third-order valence-corrected chi connectivity index (χ3v) is 3.59. The van der Waals surface area contributed by atoms with E-state index in [2.05, 4.69) is 22.6 Å². The van der Waals surface area contributed by atoms with Crippen LogP contribution >= 0.6 is 34.2 Å². The number of carbonyl (C=O) groups excluding carboxylic acids is 1. The normalized spacial score (nSPS) is 15.0. The highest BCUT2D eigenvalue weighted by atomic mass is 127. The van der Waals surface area contributed by atoms with Crippen LogP contribution in [0.1, 0.15) is 22.3 Å². The highest BCUT2D eigenvalue weighted by molar-refractivity contribution is 14.1. The van der Waals surface area contributed by atoms with Gasteiger partial charge in [0.2, 0.25) is 0 Å². The second-order valence-corrected chi connectivity index (χ2v) is 4.42. The molecule has 62 valence electrons. The zero-order chi connectivity index (χ0) is 8.72. The van der Waals surface area contributed by atoms with Gasteiger partial charge in [0.25, 0.3) is 0 Å². The molecule has 0 bridgehead atoms. The summed E-state index contributed by atoms with van der Waals surface area (Å²) in [5.41, 5.74) is 1.97. The van der Waals surface area contributed by atoms with E-state index >= 15 is 0 Å². The largest absolute Gasteiger partial charge is 0.294 e. The summed E-state index contributed by atoms with van der Waals surface area (Å²) in [6.07, 6.45) is 1.50. The van der Waals surface area contributed by atoms with Crippen molar-refractivity contribution in [1.82, 2.24) is 0 Å². The van der Waals surface area contributed by atoms with E-state index in [1.54, 1.807) is 0 Å². The van der Waals surface area contributed by atoms with Crippen LogP contribution in [0.25, 0.3) is 0 Å². The third kappa shape index (κ3) is 1.27. The standard InChI is InChI=1S/C9H6ClIO/c10-7-3-5-1-2-9(12)6(5)4-8(7)11/h3-4H,1-2H2. The number of rotatable bonds is 0. The van der Waals surface area contributed by atoms with Gasteiger partial charge in [-0.2, -0.15) is 0 Å². The molecule has 1 aliphatic carbocycles. The van der Waals surface area contributed by atoms with Crippen molar-refractivity contribution in [1.29, 1.82) is 0 Å². The van der Waals surface area contributed by atoms with Gasteiger partial charge in [0.15, 0.2) is 5.78 Å². The van der Waals surface area contributed by atoms with Crippen molar-refractivity contribution in [2.24, 2.45) is 0 Å². The molecule has 1 aromatic rings. The highest BCUT2D eigenvalue weighted by Crippen LogP contribution is 2.28. The number of ketones is 1. The quantitative estimate of drug-likeness (QED) is 0.672. The Balaban J connectivity index is 2.63. The van der Waals surface area contributed by atoms with Crippen LogP contribution in [0.15, 0.2) is 12.1 Å². The number of carbonyl (C=O) groups is 1. The van der Waals surface area contributed by atoms with Crippen LogP contribution < -0.4 is 0 Å². The molecule has 0 spiro atoms. The summed E-state index contributed by atoms with van der Waals surface area (Å²) in [7, 11) is 0. The highest BCUT2D eigenvalue weighted by Gasteiger charge is 2.20. The first-order valence-electron chi connectivity index (χ1n) is 3.69. The summed E-state index contributed by atoms with van der Waals surface area (Å²) in [6, 6.07) is 3.79. The molecule has 0 amide bonds. The van der Waals surface area contributed by atoms with E-state index in [1.807, 2.05) is 12.1 Å². The number of fused-ring (bicyclic) bond motifs is 1. The number of hydrogen-bond donors (Lipinski definition) is 0. The fraction of sp³-hybridized carbons (Fsp3) is 0.222. The number of benzene rings is 1. The smallest absolute Gasteiger partial charge is 0.163 e. The van der Waals surface area contributed by atoms with Crippen molar-refractivity contribution in [2.75, 3.05) is 0 Å². The molecule has 0 saturated carbocycles. The molecule has 0 aliphatic heterocycles. The lowest BCUT2D eigenvalue weighted by Crippen LogP contribution is -1.91. The average Bonchev–Trinajstić information content (AvgIpc) is 2.35. The van der Waals surface area contributed by atoms with Gasteiger partial charge in [-0.1, -0.05) is 11.6 Å². The molecule has 0 fully saturated rings. The molecule has 0 aromatic heterocycles. The molecule has 0 atom stereocenters. The van der Waals surface area contributed by atoms with Gasteiger partial charge in [-0.15, -0.1) is 0 Å². The van der Waals surface area contributed by atoms with Gasteiger partial charge in [-0.25, -0.2) is 0 Å². The molecule has 2 rings (SSSR count). The third-order valence-electron chi connectivity index (χ3n) is 2.07. The van der Waals surface area contributed by atoms with E-state index in [0.29, 0.717) is 6.42 Å². The molecule has 12 heavy (non-hydrogen) atoms. The fourth-order valence-electron chi connectivity index (χ4n) is 1.44. The summed E-state index contributed by atoms with van der Waals surface area (Å²) in [5.74, 6) is 0.250. The number of hydrogen-bond acceptors (Lipinski definition) is 1. The minimum absolute atomic E-state index is 0.250. The first-order valence-corrected chi connectivity index (χ1v) is 5.15. The molecule has 0 N–H and O–H groups in total. The lowest BCUT2D eigenvalue weighted by Gasteiger charge is -2.00. The van der Waals surface area contributed by atoms with Crippen LogP contribution in [0.3, 0.4) is 0 Å². The number of halogens is 2. The maximum Gasteiger partial charge on any atom is 0.163 e. The topological polar surface area (TPSA) is 17.1 Å². The zero-order valence-corrected chi connectivity index (χ0v) is 9.15. The Hall–Kier alpha value is -0.0900. The van der Waals surface area contributed by atoms with E-state index in [9.17, 15) is 4.79 Å². The van der Waals surface area contributed by atoms with Gasteiger partial charge in [-0.3, -0.25) is 4.79 Å². The van der Waals surface area contributed by atoms with Crippen LogP contribution in [0.5, 0.6) is 0 Å². The Morgan fingerprint density at radius 1 is 1.33 bits per heavy atom. The monoisotopic (exact) mass is 292 g/mol. The maximum absolute atomic E-state index is 11.3. The lowest BCUT2D eigenvalue weighted by molar-refractivity contribution is 0.0994. The lowest BCUT2D eigenvalue weighted by atomic mass is 10.1. The second kappa shape index (κ2) is 3.00. The minimum atomic E-state index is 0.250. The van der Waals surface area contributed by atoms with Crippen molar-refractivity contribution in [3.05, 3.63) is 31.9 Å². The van der Waals surface area contributed by atoms with Gasteiger partial charge in [0, 0.05) is 15.6 Å². The maximum atomic E-state index is 11.3. The van der Waals surface area contributed by atoms with Gasteiger partial charge >= 0.3 is 0 Å². The Bertz CT molecular complexity index is 360. The predicted octanol–water partition coefficient (Wildman–Crippen LogP) is 3.07. The first kappa shape index (κ1) is 8.51. The van der Waals surface area contributed by atoms with Crippen molar-refractivity contribution in [2.45, 2.75) is 12.8 Å². The van der Waals surface area contributed by atoms with Crippen LogP contribution in [0.4, 0.5) is 0 Å². The Labute approximate surface area is 89.2 Å². The molecule has 0 radical (unpaired) electrons. The minimum Gasteiger partial charge on any atom is -0.294 e. The molecule has 1 aliphatic rings. The number of aryl methyl sites for hydroxylation is 1. The van der Waals surface area contributed by atoms with Gasteiger partial charge in [-0.05, 0) is 46.7 Å². The van der Waals surface area contributed by atoms with Crippen molar-refractivity contribution >= 4 is 40.0 Å². The fourth-order valence-corrected chi connectivity index (χ4v) is 2.09. The molecular formula is C9H6ClIO. The van der Waals surface area contributed by atoms with Gasteiger partial charge in [0.1, 0.15) is 0 Å². The van der Waals surface area contributed by atoms with E-state index < -0.39 is 0 Å². The van der Waals surface area contributed by atoms with Crippen LogP contribution in [0, 0.1) is 3.57 Å². The van der Waals surface area contributed by atoms with E-state index in [1.165, 1.54) is 0 Å². The van der Waals surface area contributed by atoms with E-state index in [0.717, 1.165) is 26.1 Å². The summed E-state index contributed by atoms with van der Waals surface area (Å²) < 4.78 is 0.961. The number of Topliss-reactive ketones (excluding diaryl/α,β-unsaturated/α-hetero) is 1. The molecular weight excluding hydrogens is 286 g/mol. The zero-order valence-electron chi connectivity index (χ0n) is 6.23. The summed E-state index contributed by atoms with van der Waals surface area (Å²) in [4.78, 5) is 11.3. The van der Waals surface area contributed by atoms with Crippen molar-refractivity contribution in [3.63, 3.8) is 0 Å². The molecule has 1 aromatic carbocycles. The first-order chi connectivity index (χ1) is 5.68. The van der Waals surface area contributed by atoms with Gasteiger partial charge < -0.3 is 0 Å². The average molecular weight is 293 g/mol. The van der Waals surface area contributed by atoms with E-state index in [4.69, 9.17) is 11.6 Å². The van der Waals surface area contributed by atoms with Crippen LogP contribution in [-0.2, 0) is 6.42 Å². The van der Waals surface area contributed by atoms with Crippen LogP contribution in [-0.4, -0.2) is 5.78 Å². The predicted molar refractivity (Wildman–Crippen MR) is 56.8 cm³/mol. The molecule has 0 saturated heterocycles. The Morgan fingerprint density at radius 3 is 2.83 bits per heavy atom. The molecule has 0 unspecified atom stereocenters. The Kier molecular flexibility index (Phi) is 2.12. The SMILES string of the molecule is O=C1CCc2cc(Cl)c(I)cc21. The van der Waals surface area contributed by atoms with E-state index in [-0.39, 0.29) is 5.78 Å². The second-order valence-electron chi connectivity index (χ2n) is 2.85. The summed E-state index contributed by atoms with van der Waals surface area (Å²) >= 11 is 8.06. The van der Waals surface area contributed by atoms with Crippen molar-refractivity contribution in [3.8, 4) is 0 Å². The molecule has 3 heteroatoms. The summed E-state index contributed by atoms with van der Waals surface area (Å²) in [6.45, 7) is 0. The molecule has 1 nitrogen and oxygen atoms in total.